The molecule has 3 nitrogen and oxygen atoms in total. The van der Waals surface area contributed by atoms with Gasteiger partial charge in [-0.2, -0.15) is 5.48 Å². The summed E-state index contributed by atoms with van der Waals surface area (Å²) in [6.45, 7) is 0.319. The molecule has 1 N–H and O–H groups in total. The highest BCUT2D eigenvalue weighted by atomic mass is 19.1. The average Bonchev–Trinajstić information content (AvgIpc) is 2.16. The number of methoxy groups -OCH3 is 1. The summed E-state index contributed by atoms with van der Waals surface area (Å²) in [5.74, 6) is -0.107. The molecule has 0 aliphatic heterocycles. The monoisotopic (exact) mass is 185 g/mol. The molecule has 72 valence electrons. The number of halogens is 1. The third kappa shape index (κ3) is 2.40. The van der Waals surface area contributed by atoms with E-state index in [1.807, 2.05) is 0 Å². The van der Waals surface area contributed by atoms with Crippen molar-refractivity contribution in [1.29, 1.82) is 0 Å². The van der Waals surface area contributed by atoms with Gasteiger partial charge in [0.05, 0.1) is 14.2 Å². The van der Waals surface area contributed by atoms with Gasteiger partial charge < -0.3 is 9.57 Å². The van der Waals surface area contributed by atoms with Crippen molar-refractivity contribution < 1.29 is 14.0 Å². The molecule has 0 aliphatic rings. The molecule has 0 atom stereocenters. The molecule has 0 aliphatic carbocycles. The smallest absolute Gasteiger partial charge is 0.169 e. The van der Waals surface area contributed by atoms with Gasteiger partial charge in [0.2, 0.25) is 0 Å². The summed E-state index contributed by atoms with van der Waals surface area (Å²) in [5.41, 5.74) is 3.08. The Kier molecular flexibility index (Phi) is 3.67. The van der Waals surface area contributed by atoms with Crippen molar-refractivity contribution in [2.75, 3.05) is 14.2 Å². The number of hydrogen-bond donors (Lipinski definition) is 1. The van der Waals surface area contributed by atoms with Crippen LogP contribution in [0.2, 0.25) is 0 Å². The number of hydroxylamine groups is 1. The van der Waals surface area contributed by atoms with Crippen molar-refractivity contribution >= 4 is 0 Å². The van der Waals surface area contributed by atoms with Crippen LogP contribution in [-0.4, -0.2) is 14.2 Å². The molecule has 0 heterocycles. The van der Waals surface area contributed by atoms with Gasteiger partial charge >= 0.3 is 0 Å². The summed E-state index contributed by atoms with van der Waals surface area (Å²) in [6.07, 6.45) is 0. The maximum absolute atomic E-state index is 13.4. The Hall–Kier alpha value is -1.13. The molecule has 1 rings (SSSR count). The molecule has 0 saturated carbocycles. The Balaban J connectivity index is 2.81. The third-order valence-corrected chi connectivity index (χ3v) is 1.67. The van der Waals surface area contributed by atoms with E-state index in [-0.39, 0.29) is 11.6 Å². The Morgan fingerprint density at radius 3 is 2.77 bits per heavy atom. The molecule has 1 aromatic carbocycles. The van der Waals surface area contributed by atoms with E-state index in [0.29, 0.717) is 12.1 Å². The molecule has 0 aromatic heterocycles. The highest BCUT2D eigenvalue weighted by Crippen LogP contribution is 2.19. The maximum Gasteiger partial charge on any atom is 0.169 e. The Morgan fingerprint density at radius 2 is 2.15 bits per heavy atom. The van der Waals surface area contributed by atoms with Gasteiger partial charge in [-0.15, -0.1) is 0 Å². The summed E-state index contributed by atoms with van der Waals surface area (Å²) in [6, 6.07) is 4.98. The topological polar surface area (TPSA) is 30.5 Å². The van der Waals surface area contributed by atoms with E-state index in [1.54, 1.807) is 18.2 Å². The first-order chi connectivity index (χ1) is 6.29. The van der Waals surface area contributed by atoms with Gasteiger partial charge in [0, 0.05) is 12.1 Å². The zero-order valence-electron chi connectivity index (χ0n) is 7.63. The fourth-order valence-corrected chi connectivity index (χ4v) is 1.00. The maximum atomic E-state index is 13.4. The van der Waals surface area contributed by atoms with Crippen LogP contribution in [0.3, 0.4) is 0 Å². The van der Waals surface area contributed by atoms with Crippen molar-refractivity contribution in [3.8, 4) is 5.75 Å². The molecule has 0 unspecified atom stereocenters. The Bertz CT molecular complexity index is 278. The SMILES string of the molecule is CONCc1cccc(OC)c1F. The zero-order valence-corrected chi connectivity index (χ0v) is 7.63. The van der Waals surface area contributed by atoms with Crippen LogP contribution >= 0.6 is 0 Å². The van der Waals surface area contributed by atoms with Gasteiger partial charge in [0.1, 0.15) is 0 Å². The summed E-state index contributed by atoms with van der Waals surface area (Å²) >= 11 is 0. The van der Waals surface area contributed by atoms with Crippen LogP contribution in [0.15, 0.2) is 18.2 Å². The van der Waals surface area contributed by atoms with Crippen molar-refractivity contribution in [1.82, 2.24) is 5.48 Å². The zero-order chi connectivity index (χ0) is 9.68. The van der Waals surface area contributed by atoms with Gasteiger partial charge in [-0.1, -0.05) is 12.1 Å². The first-order valence-electron chi connectivity index (χ1n) is 3.86. The number of ether oxygens (including phenoxy) is 1. The minimum Gasteiger partial charge on any atom is -0.494 e. The molecular weight excluding hydrogens is 173 g/mol. The van der Waals surface area contributed by atoms with Crippen molar-refractivity contribution in [3.63, 3.8) is 0 Å². The molecule has 13 heavy (non-hydrogen) atoms. The molecule has 1 aromatic rings. The van der Waals surface area contributed by atoms with Crippen LogP contribution in [0, 0.1) is 5.82 Å². The van der Waals surface area contributed by atoms with E-state index in [0.717, 1.165) is 0 Å². The van der Waals surface area contributed by atoms with Gasteiger partial charge in [-0.05, 0) is 6.07 Å². The van der Waals surface area contributed by atoms with Crippen LogP contribution in [0.25, 0.3) is 0 Å². The van der Waals surface area contributed by atoms with Crippen LogP contribution in [0.5, 0.6) is 5.75 Å². The first-order valence-corrected chi connectivity index (χ1v) is 3.86. The number of benzene rings is 1. The Labute approximate surface area is 76.4 Å². The van der Waals surface area contributed by atoms with Crippen molar-refractivity contribution in [3.05, 3.63) is 29.6 Å². The highest BCUT2D eigenvalue weighted by molar-refractivity contribution is 5.30. The van der Waals surface area contributed by atoms with Gasteiger partial charge in [-0.25, -0.2) is 4.39 Å². The molecule has 0 spiro atoms. The minimum atomic E-state index is -0.352. The highest BCUT2D eigenvalue weighted by Gasteiger charge is 2.06. The summed E-state index contributed by atoms with van der Waals surface area (Å²) in [4.78, 5) is 4.62. The average molecular weight is 185 g/mol. The Morgan fingerprint density at radius 1 is 1.38 bits per heavy atom. The normalized spacial score (nSPS) is 10.1. The second kappa shape index (κ2) is 4.79. The van der Waals surface area contributed by atoms with Crippen LogP contribution in [0.1, 0.15) is 5.56 Å². The largest absolute Gasteiger partial charge is 0.494 e. The lowest BCUT2D eigenvalue weighted by Crippen LogP contribution is -2.12. The lowest BCUT2D eigenvalue weighted by atomic mass is 10.2. The van der Waals surface area contributed by atoms with E-state index in [2.05, 4.69) is 10.3 Å². The molecule has 0 radical (unpaired) electrons. The predicted octanol–water partition coefficient (Wildman–Crippen LogP) is 1.49. The number of rotatable bonds is 4. The summed E-state index contributed by atoms with van der Waals surface area (Å²) in [7, 11) is 2.92. The molecule has 0 saturated heterocycles. The summed E-state index contributed by atoms with van der Waals surface area (Å²) < 4.78 is 18.2. The molecule has 4 heteroatoms. The fourth-order valence-electron chi connectivity index (χ4n) is 1.00. The molecule has 0 amide bonds. The quantitative estimate of drug-likeness (QED) is 0.721. The first kappa shape index (κ1) is 9.95. The second-order valence-electron chi connectivity index (χ2n) is 2.46. The lowest BCUT2D eigenvalue weighted by molar-refractivity contribution is 0.0858. The molecular formula is C9H12FNO2. The second-order valence-corrected chi connectivity index (χ2v) is 2.46. The third-order valence-electron chi connectivity index (χ3n) is 1.67. The minimum absolute atomic E-state index is 0.246. The molecule has 0 fully saturated rings. The van der Waals surface area contributed by atoms with Gasteiger partial charge in [0.25, 0.3) is 0 Å². The van der Waals surface area contributed by atoms with E-state index in [1.165, 1.54) is 14.2 Å². The fraction of sp³-hybridized carbons (Fsp3) is 0.333. The predicted molar refractivity (Wildman–Crippen MR) is 46.8 cm³/mol. The van der Waals surface area contributed by atoms with Crippen LogP contribution < -0.4 is 10.2 Å². The van der Waals surface area contributed by atoms with E-state index in [4.69, 9.17) is 4.74 Å². The standard InChI is InChI=1S/C9H12FNO2/c1-12-8-5-3-4-7(9(8)10)6-11-13-2/h3-5,11H,6H2,1-2H3. The number of hydrogen-bond acceptors (Lipinski definition) is 3. The van der Waals surface area contributed by atoms with Crippen molar-refractivity contribution in [2.24, 2.45) is 0 Å². The van der Waals surface area contributed by atoms with E-state index in [9.17, 15) is 4.39 Å². The van der Waals surface area contributed by atoms with Gasteiger partial charge in [0.15, 0.2) is 11.6 Å². The van der Waals surface area contributed by atoms with Crippen LogP contribution in [0.4, 0.5) is 4.39 Å². The van der Waals surface area contributed by atoms with Gasteiger partial charge in [-0.3, -0.25) is 0 Å². The van der Waals surface area contributed by atoms with Crippen molar-refractivity contribution in [2.45, 2.75) is 6.54 Å². The molecule has 0 bridgehead atoms. The number of nitrogens with one attached hydrogen (secondary N) is 1. The van der Waals surface area contributed by atoms with E-state index >= 15 is 0 Å². The lowest BCUT2D eigenvalue weighted by Gasteiger charge is -2.06. The van der Waals surface area contributed by atoms with E-state index < -0.39 is 0 Å². The van der Waals surface area contributed by atoms with Crippen LogP contribution in [-0.2, 0) is 11.4 Å². The summed E-state index contributed by atoms with van der Waals surface area (Å²) in [5, 5.41) is 0.